The van der Waals surface area contributed by atoms with Crippen molar-refractivity contribution in [3.05, 3.63) is 65.2 Å². The Morgan fingerprint density at radius 3 is 2.29 bits per heavy atom. The Bertz CT molecular complexity index is 884. The first-order valence-electron chi connectivity index (χ1n) is 7.17. The van der Waals surface area contributed by atoms with E-state index < -0.39 is 35.5 Å². The van der Waals surface area contributed by atoms with Gasteiger partial charge in [0.1, 0.15) is 17.9 Å². The van der Waals surface area contributed by atoms with E-state index in [9.17, 15) is 19.5 Å². The van der Waals surface area contributed by atoms with Crippen LogP contribution in [0.5, 0.6) is 0 Å². The third kappa shape index (κ3) is 2.54. The van der Waals surface area contributed by atoms with E-state index in [-0.39, 0.29) is 11.1 Å². The predicted molar refractivity (Wildman–Crippen MR) is 86.4 cm³/mol. The van der Waals surface area contributed by atoms with Crippen LogP contribution in [-0.4, -0.2) is 34.4 Å². The number of hydrogen-bond donors (Lipinski definition) is 3. The standard InChI is InChI=1S/C18H13NO5/c20-13(21)9-19-18(24)15-16(22)12-8-4-7-11(14(12)17(15)23)10-5-2-1-3-6-10/h1-8,23H,9H2,(H,19,24)(H,20,21). The highest BCUT2D eigenvalue weighted by Crippen LogP contribution is 2.38. The lowest BCUT2D eigenvalue weighted by molar-refractivity contribution is -0.137. The maximum atomic E-state index is 12.5. The van der Waals surface area contributed by atoms with Gasteiger partial charge >= 0.3 is 5.97 Å². The molecule has 0 spiro atoms. The van der Waals surface area contributed by atoms with Gasteiger partial charge in [-0.3, -0.25) is 14.4 Å². The minimum absolute atomic E-state index is 0.217. The van der Waals surface area contributed by atoms with Gasteiger partial charge < -0.3 is 15.5 Å². The predicted octanol–water partition coefficient (Wildman–Crippen LogP) is 2.02. The Kier molecular flexibility index (Phi) is 3.87. The molecule has 120 valence electrons. The number of amides is 1. The molecule has 0 aliphatic heterocycles. The van der Waals surface area contributed by atoms with Crippen LogP contribution in [0, 0.1) is 0 Å². The number of rotatable bonds is 4. The number of carboxylic acid groups (broad SMARTS) is 1. The molecule has 24 heavy (non-hydrogen) atoms. The van der Waals surface area contributed by atoms with E-state index in [0.29, 0.717) is 5.56 Å². The van der Waals surface area contributed by atoms with Gasteiger partial charge in [-0.1, -0.05) is 48.5 Å². The number of aliphatic carboxylic acids is 1. The third-order valence-corrected chi connectivity index (χ3v) is 3.72. The van der Waals surface area contributed by atoms with Crippen LogP contribution in [0.1, 0.15) is 15.9 Å². The highest BCUT2D eigenvalue weighted by molar-refractivity contribution is 6.34. The van der Waals surface area contributed by atoms with Gasteiger partial charge in [-0.05, 0) is 11.1 Å². The Labute approximate surface area is 137 Å². The maximum Gasteiger partial charge on any atom is 0.322 e. The van der Waals surface area contributed by atoms with Crippen LogP contribution in [0.4, 0.5) is 0 Å². The fourth-order valence-electron chi connectivity index (χ4n) is 2.68. The van der Waals surface area contributed by atoms with Crippen LogP contribution in [0.3, 0.4) is 0 Å². The fourth-order valence-corrected chi connectivity index (χ4v) is 2.68. The highest BCUT2D eigenvalue weighted by Gasteiger charge is 2.36. The van der Waals surface area contributed by atoms with Crippen molar-refractivity contribution >= 4 is 23.4 Å². The lowest BCUT2D eigenvalue weighted by atomic mass is 9.96. The summed E-state index contributed by atoms with van der Waals surface area (Å²) in [6.45, 7) is -0.634. The van der Waals surface area contributed by atoms with E-state index in [2.05, 4.69) is 5.32 Å². The number of aliphatic hydroxyl groups is 1. The van der Waals surface area contributed by atoms with E-state index in [1.165, 1.54) is 6.07 Å². The summed E-state index contributed by atoms with van der Waals surface area (Å²) in [5.41, 5.74) is 1.49. The molecule has 0 aromatic heterocycles. The number of hydrogen-bond acceptors (Lipinski definition) is 4. The Morgan fingerprint density at radius 2 is 1.62 bits per heavy atom. The Balaban J connectivity index is 2.08. The van der Waals surface area contributed by atoms with Crippen molar-refractivity contribution in [2.45, 2.75) is 0 Å². The number of Topliss-reactive ketones (excluding diaryl/α,β-unsaturated/α-hetero) is 1. The van der Waals surface area contributed by atoms with Gasteiger partial charge in [0, 0.05) is 11.1 Å². The summed E-state index contributed by atoms with van der Waals surface area (Å²) in [6.07, 6.45) is 0. The number of fused-ring (bicyclic) bond motifs is 1. The first-order valence-corrected chi connectivity index (χ1v) is 7.17. The van der Waals surface area contributed by atoms with Crippen LogP contribution in [0.2, 0.25) is 0 Å². The quantitative estimate of drug-likeness (QED) is 0.747. The first-order chi connectivity index (χ1) is 11.5. The van der Waals surface area contributed by atoms with Crippen molar-refractivity contribution < 1.29 is 24.6 Å². The van der Waals surface area contributed by atoms with Crippen molar-refractivity contribution in [2.75, 3.05) is 6.54 Å². The number of carbonyl (C=O) groups excluding carboxylic acids is 2. The molecule has 6 nitrogen and oxygen atoms in total. The lowest BCUT2D eigenvalue weighted by Gasteiger charge is -2.08. The molecular formula is C18H13NO5. The third-order valence-electron chi connectivity index (χ3n) is 3.72. The fraction of sp³-hybridized carbons (Fsp3) is 0.0556. The van der Waals surface area contributed by atoms with Gasteiger partial charge in [-0.25, -0.2) is 0 Å². The highest BCUT2D eigenvalue weighted by atomic mass is 16.4. The minimum Gasteiger partial charge on any atom is -0.506 e. The molecular weight excluding hydrogens is 310 g/mol. The average Bonchev–Trinajstić information content (AvgIpc) is 2.85. The average molecular weight is 323 g/mol. The van der Waals surface area contributed by atoms with Crippen LogP contribution >= 0.6 is 0 Å². The van der Waals surface area contributed by atoms with E-state index in [0.717, 1.165) is 5.56 Å². The summed E-state index contributed by atoms with van der Waals surface area (Å²) in [5.74, 6) is -3.20. The van der Waals surface area contributed by atoms with E-state index in [1.807, 2.05) is 30.3 Å². The summed E-state index contributed by atoms with van der Waals surface area (Å²) in [6, 6.07) is 14.1. The molecule has 0 unspecified atom stereocenters. The van der Waals surface area contributed by atoms with Gasteiger partial charge in [0.25, 0.3) is 5.91 Å². The molecule has 0 heterocycles. The number of benzene rings is 2. The largest absolute Gasteiger partial charge is 0.506 e. The smallest absolute Gasteiger partial charge is 0.322 e. The number of nitrogens with one attached hydrogen (secondary N) is 1. The summed E-state index contributed by atoms with van der Waals surface area (Å²) in [7, 11) is 0. The summed E-state index contributed by atoms with van der Waals surface area (Å²) >= 11 is 0. The molecule has 0 atom stereocenters. The molecule has 1 amide bonds. The minimum atomic E-state index is -1.24. The second-order valence-corrected chi connectivity index (χ2v) is 5.22. The first kappa shape index (κ1) is 15.5. The van der Waals surface area contributed by atoms with E-state index in [4.69, 9.17) is 5.11 Å². The number of aliphatic hydroxyl groups excluding tert-OH is 1. The van der Waals surface area contributed by atoms with E-state index >= 15 is 0 Å². The molecule has 1 aliphatic rings. The Hall–Kier alpha value is -3.41. The number of ketones is 1. The molecule has 3 rings (SSSR count). The molecule has 0 fully saturated rings. The second kappa shape index (κ2) is 6.00. The topological polar surface area (TPSA) is 104 Å². The number of carbonyl (C=O) groups is 3. The zero-order chi connectivity index (χ0) is 17.3. The summed E-state index contributed by atoms with van der Waals surface area (Å²) < 4.78 is 0. The van der Waals surface area contributed by atoms with Gasteiger partial charge in [0.05, 0.1) is 0 Å². The van der Waals surface area contributed by atoms with Crippen molar-refractivity contribution in [2.24, 2.45) is 0 Å². The van der Waals surface area contributed by atoms with Crippen molar-refractivity contribution in [3.8, 4) is 11.1 Å². The summed E-state index contributed by atoms with van der Waals surface area (Å²) in [5, 5.41) is 21.2. The number of carboxylic acids is 1. The normalized spacial score (nSPS) is 12.9. The van der Waals surface area contributed by atoms with Crippen LogP contribution < -0.4 is 5.32 Å². The lowest BCUT2D eigenvalue weighted by Crippen LogP contribution is -2.32. The molecule has 0 saturated heterocycles. The van der Waals surface area contributed by atoms with Crippen LogP contribution in [0.15, 0.2) is 54.1 Å². The van der Waals surface area contributed by atoms with Gasteiger partial charge in [-0.2, -0.15) is 0 Å². The SMILES string of the molecule is O=C(O)CNC(=O)C1=C(O)c2c(cccc2-c2ccccc2)C1=O. The van der Waals surface area contributed by atoms with Crippen molar-refractivity contribution in [3.63, 3.8) is 0 Å². The summed E-state index contributed by atoms with van der Waals surface area (Å²) in [4.78, 5) is 35.1. The van der Waals surface area contributed by atoms with E-state index in [1.54, 1.807) is 12.1 Å². The zero-order valence-corrected chi connectivity index (χ0v) is 12.4. The van der Waals surface area contributed by atoms with Gasteiger partial charge in [-0.15, -0.1) is 0 Å². The molecule has 6 heteroatoms. The van der Waals surface area contributed by atoms with Gasteiger partial charge in [0.2, 0.25) is 5.78 Å². The molecule has 2 aromatic carbocycles. The van der Waals surface area contributed by atoms with Crippen molar-refractivity contribution in [1.82, 2.24) is 5.32 Å². The van der Waals surface area contributed by atoms with Crippen LogP contribution in [-0.2, 0) is 9.59 Å². The monoisotopic (exact) mass is 323 g/mol. The van der Waals surface area contributed by atoms with Crippen molar-refractivity contribution in [1.29, 1.82) is 0 Å². The molecule has 0 bridgehead atoms. The molecule has 3 N–H and O–H groups in total. The van der Waals surface area contributed by atoms with Crippen LogP contribution in [0.25, 0.3) is 16.9 Å². The molecule has 2 aromatic rings. The molecule has 0 saturated carbocycles. The maximum absolute atomic E-state index is 12.5. The zero-order valence-electron chi connectivity index (χ0n) is 12.4. The second-order valence-electron chi connectivity index (χ2n) is 5.22. The molecule has 1 aliphatic carbocycles. The molecule has 0 radical (unpaired) electrons. The Morgan fingerprint density at radius 1 is 0.958 bits per heavy atom. The van der Waals surface area contributed by atoms with Gasteiger partial charge in [0.15, 0.2) is 0 Å².